The predicted octanol–water partition coefficient (Wildman–Crippen LogP) is 2.22. The fraction of sp³-hybridized carbons (Fsp3) is 0.500. The van der Waals surface area contributed by atoms with Gasteiger partial charge in [0, 0.05) is 37.5 Å². The Bertz CT molecular complexity index is 501. The zero-order valence-electron chi connectivity index (χ0n) is 11.7. The molecule has 1 saturated heterocycles. The van der Waals surface area contributed by atoms with Crippen LogP contribution in [0.1, 0.15) is 19.3 Å². The molecule has 21 heavy (non-hydrogen) atoms. The first kappa shape index (κ1) is 15.2. The Morgan fingerprint density at radius 3 is 2.76 bits per heavy atom. The number of hydrogen-bond acceptors (Lipinski definition) is 4. The highest BCUT2D eigenvalue weighted by Gasteiger charge is 2.23. The lowest BCUT2D eigenvalue weighted by atomic mass is 9.95. The summed E-state index contributed by atoms with van der Waals surface area (Å²) in [5, 5.41) is 22.3. The lowest BCUT2D eigenvalue weighted by Crippen LogP contribution is -2.42. The van der Waals surface area contributed by atoms with Crippen LogP contribution in [-0.2, 0) is 0 Å². The molecule has 1 unspecified atom stereocenters. The zero-order valence-corrected chi connectivity index (χ0v) is 11.7. The molecule has 2 N–H and O–H groups in total. The van der Waals surface area contributed by atoms with Gasteiger partial charge in [0.1, 0.15) is 0 Å². The number of likely N-dealkylation sites (tertiary alicyclic amines) is 1. The summed E-state index contributed by atoms with van der Waals surface area (Å²) in [6.07, 6.45) is 2.67. The van der Waals surface area contributed by atoms with Gasteiger partial charge in [0.2, 0.25) is 0 Å². The fourth-order valence-corrected chi connectivity index (χ4v) is 2.54. The van der Waals surface area contributed by atoms with Gasteiger partial charge < -0.3 is 15.3 Å². The first-order valence-corrected chi connectivity index (χ1v) is 7.01. The largest absolute Gasteiger partial charge is 0.396 e. The van der Waals surface area contributed by atoms with Gasteiger partial charge in [-0.2, -0.15) is 0 Å². The number of nitro benzene ring substituents is 1. The van der Waals surface area contributed by atoms with E-state index in [9.17, 15) is 14.9 Å². The first-order chi connectivity index (χ1) is 10.1. The molecule has 1 aromatic rings. The average Bonchev–Trinajstić information content (AvgIpc) is 2.48. The Balaban J connectivity index is 1.92. The van der Waals surface area contributed by atoms with E-state index in [0.717, 1.165) is 12.8 Å². The minimum absolute atomic E-state index is 0.00557. The summed E-state index contributed by atoms with van der Waals surface area (Å²) in [5.74, 6) is 0.339. The second-order valence-corrected chi connectivity index (χ2v) is 5.20. The maximum Gasteiger partial charge on any atom is 0.321 e. The van der Waals surface area contributed by atoms with Crippen molar-refractivity contribution in [3.8, 4) is 0 Å². The molecule has 1 atom stereocenters. The molecule has 1 fully saturated rings. The summed E-state index contributed by atoms with van der Waals surface area (Å²) < 4.78 is 0. The van der Waals surface area contributed by atoms with Crippen LogP contribution in [0.3, 0.4) is 0 Å². The number of nitrogens with one attached hydrogen (secondary N) is 1. The van der Waals surface area contributed by atoms with Crippen LogP contribution in [0.15, 0.2) is 24.3 Å². The topological polar surface area (TPSA) is 95.7 Å². The maximum absolute atomic E-state index is 12.2. The van der Waals surface area contributed by atoms with Gasteiger partial charge in [0.15, 0.2) is 0 Å². The van der Waals surface area contributed by atoms with E-state index in [0.29, 0.717) is 31.1 Å². The number of carbonyl (C=O) groups is 1. The van der Waals surface area contributed by atoms with Crippen LogP contribution in [0.4, 0.5) is 16.2 Å². The van der Waals surface area contributed by atoms with E-state index in [2.05, 4.69) is 5.32 Å². The molecule has 0 bridgehead atoms. The Hall–Kier alpha value is -2.15. The van der Waals surface area contributed by atoms with Crippen molar-refractivity contribution >= 4 is 17.4 Å². The van der Waals surface area contributed by atoms with Crippen molar-refractivity contribution in [1.82, 2.24) is 4.90 Å². The number of urea groups is 1. The Kier molecular flexibility index (Phi) is 5.10. The summed E-state index contributed by atoms with van der Waals surface area (Å²) in [6.45, 7) is 1.47. The minimum atomic E-state index is -0.476. The molecule has 0 radical (unpaired) electrons. The Morgan fingerprint density at radius 1 is 1.43 bits per heavy atom. The minimum Gasteiger partial charge on any atom is -0.396 e. The number of benzene rings is 1. The van der Waals surface area contributed by atoms with Gasteiger partial charge in [0.25, 0.3) is 5.69 Å². The lowest BCUT2D eigenvalue weighted by Gasteiger charge is -2.32. The van der Waals surface area contributed by atoms with E-state index < -0.39 is 4.92 Å². The van der Waals surface area contributed by atoms with E-state index in [4.69, 9.17) is 5.11 Å². The van der Waals surface area contributed by atoms with Gasteiger partial charge in [-0.3, -0.25) is 10.1 Å². The van der Waals surface area contributed by atoms with E-state index in [1.807, 2.05) is 0 Å². The molecule has 0 aliphatic carbocycles. The molecular formula is C14H19N3O4. The van der Waals surface area contributed by atoms with Crippen molar-refractivity contribution in [3.63, 3.8) is 0 Å². The molecule has 7 heteroatoms. The van der Waals surface area contributed by atoms with Crippen LogP contribution < -0.4 is 5.32 Å². The van der Waals surface area contributed by atoms with Gasteiger partial charge in [-0.25, -0.2) is 4.79 Å². The number of non-ortho nitro benzene ring substituents is 1. The SMILES string of the molecule is O=C(Nc1ccc([N+](=O)[O-])cc1)N1CCCC(CCO)C1. The Morgan fingerprint density at radius 2 is 2.14 bits per heavy atom. The number of hydrogen-bond donors (Lipinski definition) is 2. The van der Waals surface area contributed by atoms with Gasteiger partial charge >= 0.3 is 6.03 Å². The highest BCUT2D eigenvalue weighted by atomic mass is 16.6. The summed E-state index contributed by atoms with van der Waals surface area (Å²) >= 11 is 0. The monoisotopic (exact) mass is 293 g/mol. The molecule has 2 rings (SSSR count). The number of aliphatic hydroxyl groups is 1. The molecule has 1 aliphatic heterocycles. The van der Waals surface area contributed by atoms with Crippen molar-refractivity contribution in [3.05, 3.63) is 34.4 Å². The highest BCUT2D eigenvalue weighted by Crippen LogP contribution is 2.21. The summed E-state index contributed by atoms with van der Waals surface area (Å²) in [5.41, 5.74) is 0.531. The third-order valence-electron chi connectivity index (χ3n) is 3.67. The molecule has 1 aromatic carbocycles. The number of aliphatic hydroxyl groups excluding tert-OH is 1. The van der Waals surface area contributed by atoms with Crippen LogP contribution in [0.2, 0.25) is 0 Å². The Labute approximate surface area is 122 Å². The number of nitrogens with zero attached hydrogens (tertiary/aromatic N) is 2. The molecule has 0 saturated carbocycles. The normalized spacial score (nSPS) is 18.3. The van der Waals surface area contributed by atoms with Crippen LogP contribution in [-0.4, -0.2) is 40.7 Å². The van der Waals surface area contributed by atoms with E-state index in [1.54, 1.807) is 4.90 Å². The third-order valence-corrected chi connectivity index (χ3v) is 3.67. The quantitative estimate of drug-likeness (QED) is 0.657. The van der Waals surface area contributed by atoms with Crippen molar-refractivity contribution in [2.24, 2.45) is 5.92 Å². The number of amides is 2. The first-order valence-electron chi connectivity index (χ1n) is 7.01. The third kappa shape index (κ3) is 4.16. The van der Waals surface area contributed by atoms with Gasteiger partial charge in [-0.15, -0.1) is 0 Å². The van der Waals surface area contributed by atoms with Crippen LogP contribution >= 0.6 is 0 Å². The molecule has 114 valence electrons. The molecule has 0 aromatic heterocycles. The van der Waals surface area contributed by atoms with Crippen molar-refractivity contribution in [2.45, 2.75) is 19.3 Å². The standard InChI is InChI=1S/C14H19N3O4/c18-9-7-11-2-1-8-16(10-11)14(19)15-12-3-5-13(6-4-12)17(20)21/h3-6,11,18H,1-2,7-10H2,(H,15,19). The zero-order chi connectivity index (χ0) is 15.2. The molecule has 0 spiro atoms. The molecule has 1 aliphatic rings. The molecule has 7 nitrogen and oxygen atoms in total. The maximum atomic E-state index is 12.2. The van der Waals surface area contributed by atoms with Crippen LogP contribution in [0.25, 0.3) is 0 Å². The van der Waals surface area contributed by atoms with E-state index in [-0.39, 0.29) is 18.3 Å². The number of carbonyl (C=O) groups excluding carboxylic acids is 1. The summed E-state index contributed by atoms with van der Waals surface area (Å²) in [7, 11) is 0. The van der Waals surface area contributed by atoms with Gasteiger partial charge in [-0.05, 0) is 37.3 Å². The smallest absolute Gasteiger partial charge is 0.321 e. The fourth-order valence-electron chi connectivity index (χ4n) is 2.54. The van der Waals surface area contributed by atoms with Crippen molar-refractivity contribution < 1.29 is 14.8 Å². The average molecular weight is 293 g/mol. The van der Waals surface area contributed by atoms with Crippen molar-refractivity contribution in [1.29, 1.82) is 0 Å². The highest BCUT2D eigenvalue weighted by molar-refractivity contribution is 5.89. The number of nitro groups is 1. The van der Waals surface area contributed by atoms with Gasteiger partial charge in [0.05, 0.1) is 4.92 Å². The van der Waals surface area contributed by atoms with Crippen LogP contribution in [0.5, 0.6) is 0 Å². The summed E-state index contributed by atoms with van der Waals surface area (Å²) in [6, 6.07) is 5.56. The summed E-state index contributed by atoms with van der Waals surface area (Å²) in [4.78, 5) is 24.0. The number of anilines is 1. The van der Waals surface area contributed by atoms with E-state index in [1.165, 1.54) is 24.3 Å². The second-order valence-electron chi connectivity index (χ2n) is 5.20. The van der Waals surface area contributed by atoms with E-state index >= 15 is 0 Å². The lowest BCUT2D eigenvalue weighted by molar-refractivity contribution is -0.384. The molecule has 1 heterocycles. The predicted molar refractivity (Wildman–Crippen MR) is 78.1 cm³/mol. The molecular weight excluding hydrogens is 274 g/mol. The molecule has 2 amide bonds. The second kappa shape index (κ2) is 7.03. The number of rotatable bonds is 4. The number of piperidine rings is 1. The van der Waals surface area contributed by atoms with Crippen molar-refractivity contribution in [2.75, 3.05) is 25.0 Å². The van der Waals surface area contributed by atoms with Crippen LogP contribution in [0, 0.1) is 16.0 Å². The van der Waals surface area contributed by atoms with Gasteiger partial charge in [-0.1, -0.05) is 0 Å².